The average molecular weight is 566 g/mol. The third kappa shape index (κ3) is 6.88. The molecule has 1 aromatic heterocycles. The summed E-state index contributed by atoms with van der Waals surface area (Å²) in [5, 5.41) is 23.2. The molecule has 220 valence electrons. The van der Waals surface area contributed by atoms with Crippen LogP contribution in [0.2, 0.25) is 0 Å². The normalized spacial score (nSPS) is 17.5. The molecule has 3 aliphatic rings. The van der Waals surface area contributed by atoms with Gasteiger partial charge in [-0.25, -0.2) is 4.79 Å². The molecule has 0 unspecified atom stereocenters. The largest absolute Gasteiger partial charge is 0.450 e. The lowest BCUT2D eigenvalue weighted by atomic mass is 9.89. The summed E-state index contributed by atoms with van der Waals surface area (Å²) in [7, 11) is 0. The van der Waals surface area contributed by atoms with E-state index in [0.29, 0.717) is 42.9 Å². The monoisotopic (exact) mass is 565 g/mol. The van der Waals surface area contributed by atoms with Crippen LogP contribution in [0.1, 0.15) is 49.6 Å². The van der Waals surface area contributed by atoms with Crippen LogP contribution < -0.4 is 37.8 Å². The number of anilines is 2. The Balaban J connectivity index is 1.17. The molecule has 4 heterocycles. The second-order valence-corrected chi connectivity index (χ2v) is 10.8. The molecule has 0 aliphatic carbocycles. The van der Waals surface area contributed by atoms with E-state index in [1.54, 1.807) is 15.7 Å². The van der Waals surface area contributed by atoms with Gasteiger partial charge in [-0.3, -0.25) is 20.2 Å². The minimum atomic E-state index is -0.292. The molecule has 9 N–H and O–H groups in total. The van der Waals surface area contributed by atoms with Crippen LogP contribution in [0.15, 0.2) is 29.2 Å². The first-order chi connectivity index (χ1) is 19.8. The fourth-order valence-corrected chi connectivity index (χ4v) is 5.80. The first-order valence-electron chi connectivity index (χ1n) is 14.1. The summed E-state index contributed by atoms with van der Waals surface area (Å²) in [6.07, 6.45) is 6.05. The molecule has 0 radical (unpaired) electrons. The van der Waals surface area contributed by atoms with Crippen molar-refractivity contribution in [2.75, 3.05) is 51.1 Å². The van der Waals surface area contributed by atoms with E-state index in [2.05, 4.69) is 31.9 Å². The lowest BCUT2D eigenvalue weighted by Crippen LogP contribution is -2.45. The number of piperidine rings is 2. The van der Waals surface area contributed by atoms with Gasteiger partial charge in [0, 0.05) is 38.8 Å². The van der Waals surface area contributed by atoms with Gasteiger partial charge in [0.2, 0.25) is 5.91 Å². The second kappa shape index (κ2) is 12.5. The Kier molecular flexibility index (Phi) is 8.57. The zero-order valence-electron chi connectivity index (χ0n) is 23.1. The van der Waals surface area contributed by atoms with Gasteiger partial charge in [0.05, 0.1) is 18.4 Å². The Morgan fingerprint density at radius 3 is 2.49 bits per heavy atom. The highest BCUT2D eigenvalue weighted by atomic mass is 16.5. The highest BCUT2D eigenvalue weighted by Gasteiger charge is 2.28. The molecule has 41 heavy (non-hydrogen) atoms. The Labute approximate surface area is 238 Å². The predicted octanol–water partition coefficient (Wildman–Crippen LogP) is 0.792. The molecular formula is C27H39N11O3. The fraction of sp³-hybridized carbons (Fsp3) is 0.519. The maximum Gasteiger partial charge on any atom is 0.350 e. The van der Waals surface area contributed by atoms with E-state index in [4.69, 9.17) is 27.0 Å². The number of rotatable bonds is 8. The summed E-state index contributed by atoms with van der Waals surface area (Å²) in [5.41, 5.74) is 12.2. The molecule has 5 rings (SSSR count). The molecule has 14 heteroatoms. The molecule has 0 spiro atoms. The lowest BCUT2D eigenvalue weighted by Gasteiger charge is -2.33. The number of likely N-dealkylation sites (tertiary alicyclic amines) is 2. The summed E-state index contributed by atoms with van der Waals surface area (Å²) in [6, 6.07) is 6.13. The molecule has 2 saturated heterocycles. The molecule has 2 aromatic rings. The summed E-state index contributed by atoms with van der Waals surface area (Å²) >= 11 is 0. The van der Waals surface area contributed by atoms with Gasteiger partial charge in [0.25, 0.3) is 0 Å². The first-order valence-corrected chi connectivity index (χ1v) is 14.1. The van der Waals surface area contributed by atoms with Crippen molar-refractivity contribution in [3.63, 3.8) is 0 Å². The second-order valence-electron chi connectivity index (χ2n) is 10.8. The van der Waals surface area contributed by atoms with E-state index in [1.165, 1.54) is 0 Å². The number of ether oxygens (including phenoxy) is 1. The van der Waals surface area contributed by atoms with Crippen LogP contribution in [-0.4, -0.2) is 83.0 Å². The highest BCUT2D eigenvalue weighted by molar-refractivity contribution is 5.84. The van der Waals surface area contributed by atoms with Crippen molar-refractivity contribution in [2.45, 2.75) is 44.1 Å². The minimum absolute atomic E-state index is 0.00500. The Morgan fingerprint density at radius 2 is 1.78 bits per heavy atom. The smallest absolute Gasteiger partial charge is 0.350 e. The van der Waals surface area contributed by atoms with Crippen LogP contribution in [0, 0.1) is 10.8 Å². The van der Waals surface area contributed by atoms with Gasteiger partial charge < -0.3 is 42.0 Å². The van der Waals surface area contributed by atoms with Crippen molar-refractivity contribution in [1.82, 2.24) is 30.0 Å². The minimum Gasteiger partial charge on any atom is -0.450 e. The van der Waals surface area contributed by atoms with Crippen LogP contribution in [0.4, 0.5) is 11.5 Å². The number of hydrogen-bond donors (Lipinski definition) is 7. The Bertz CT molecular complexity index is 1340. The van der Waals surface area contributed by atoms with E-state index >= 15 is 0 Å². The highest BCUT2D eigenvalue weighted by Crippen LogP contribution is 2.42. The number of benzene rings is 1. The number of carbonyl (C=O) groups is 1. The number of carbonyl (C=O) groups excluding carboxylic acids is 1. The zero-order chi connectivity index (χ0) is 28.9. The molecule has 1 amide bonds. The van der Waals surface area contributed by atoms with Crippen molar-refractivity contribution >= 4 is 29.3 Å². The lowest BCUT2D eigenvalue weighted by molar-refractivity contribution is -0.131. The molecule has 0 atom stereocenters. The Morgan fingerprint density at radius 1 is 1.05 bits per heavy atom. The van der Waals surface area contributed by atoms with Crippen LogP contribution in [0.5, 0.6) is 11.5 Å². The summed E-state index contributed by atoms with van der Waals surface area (Å²) in [6.45, 7) is 4.70. The predicted molar refractivity (Wildman–Crippen MR) is 156 cm³/mol. The van der Waals surface area contributed by atoms with Crippen molar-refractivity contribution in [3.05, 3.63) is 40.4 Å². The van der Waals surface area contributed by atoms with Gasteiger partial charge in [0.15, 0.2) is 29.2 Å². The number of amides is 1. The maximum absolute atomic E-state index is 13.0. The molecule has 14 nitrogen and oxygen atoms in total. The molecule has 0 saturated carbocycles. The molecule has 3 aliphatic heterocycles. The van der Waals surface area contributed by atoms with Crippen LogP contribution in [0.25, 0.3) is 0 Å². The van der Waals surface area contributed by atoms with Crippen molar-refractivity contribution in [2.24, 2.45) is 11.5 Å². The average Bonchev–Trinajstić information content (AvgIpc) is 2.97. The van der Waals surface area contributed by atoms with E-state index in [1.807, 2.05) is 12.1 Å². The quantitative estimate of drug-likeness (QED) is 0.116. The van der Waals surface area contributed by atoms with Gasteiger partial charge in [-0.05, 0) is 62.3 Å². The van der Waals surface area contributed by atoms with Crippen molar-refractivity contribution in [3.8, 4) is 11.5 Å². The van der Waals surface area contributed by atoms with Crippen molar-refractivity contribution in [1.29, 1.82) is 10.8 Å². The van der Waals surface area contributed by atoms with Gasteiger partial charge in [-0.2, -0.15) is 4.98 Å². The molecular weight excluding hydrogens is 526 g/mol. The maximum atomic E-state index is 13.0. The topological polar surface area (TPSA) is 204 Å². The van der Waals surface area contributed by atoms with Crippen molar-refractivity contribution < 1.29 is 9.53 Å². The zero-order valence-corrected chi connectivity index (χ0v) is 23.1. The summed E-state index contributed by atoms with van der Waals surface area (Å²) in [4.78, 5) is 33.8. The number of nitrogens with two attached hydrogens (primary N) is 2. The van der Waals surface area contributed by atoms with Gasteiger partial charge in [0.1, 0.15) is 0 Å². The number of guanidine groups is 2. The van der Waals surface area contributed by atoms with Gasteiger partial charge in [-0.15, -0.1) is 0 Å². The van der Waals surface area contributed by atoms with Gasteiger partial charge >= 0.3 is 5.69 Å². The van der Waals surface area contributed by atoms with E-state index in [0.717, 1.165) is 63.0 Å². The number of aromatic nitrogens is 2. The molecule has 0 bridgehead atoms. The van der Waals surface area contributed by atoms with E-state index < -0.39 is 0 Å². The number of nitrogens with one attached hydrogen (secondary N) is 5. The van der Waals surface area contributed by atoms with E-state index in [9.17, 15) is 9.59 Å². The SMILES string of the molecule is N=C(N)NCCCN1CCC(n2cc3c(nc2=O)Nc2cc(C4CCN(C(=O)CNC(=N)N)CC4)ccc2O3)CC1. The van der Waals surface area contributed by atoms with Gasteiger partial charge in [-0.1, -0.05) is 6.07 Å². The Hall–Kier alpha value is -4.33. The fourth-order valence-electron chi connectivity index (χ4n) is 5.80. The molecule has 2 fully saturated rings. The summed E-state index contributed by atoms with van der Waals surface area (Å²) in [5.74, 6) is 1.67. The number of hydrogen-bond acceptors (Lipinski definition) is 8. The third-order valence-corrected chi connectivity index (χ3v) is 8.06. The van der Waals surface area contributed by atoms with Crippen LogP contribution >= 0.6 is 0 Å². The third-order valence-electron chi connectivity index (χ3n) is 8.06. The molecule has 1 aromatic carbocycles. The number of fused-ring (bicyclic) bond motifs is 2. The summed E-state index contributed by atoms with van der Waals surface area (Å²) < 4.78 is 7.89. The first kappa shape index (κ1) is 28.2. The number of nitrogens with zero attached hydrogens (tertiary/aromatic N) is 4. The van der Waals surface area contributed by atoms with Crippen LogP contribution in [0.3, 0.4) is 0 Å². The van der Waals surface area contributed by atoms with Crippen LogP contribution in [-0.2, 0) is 4.79 Å². The standard InChI is InChI=1S/C27H39N11O3/c28-25(29)32-8-1-9-36-10-6-19(7-11-36)38-16-22-24(35-27(38)40)34-20-14-18(2-3-21(20)41-22)17-4-12-37(13-5-17)23(39)15-33-26(30)31/h2-3,14,16-17,19H,1,4-13,15H2,(H4,28,29,32)(H4,30,31,33)(H,34,35,40). The van der Waals surface area contributed by atoms with E-state index in [-0.39, 0.29) is 36.1 Å².